The van der Waals surface area contributed by atoms with Crippen LogP contribution in [0, 0.1) is 19.8 Å². The van der Waals surface area contributed by atoms with E-state index in [9.17, 15) is 0 Å². The van der Waals surface area contributed by atoms with Crippen LogP contribution in [0.1, 0.15) is 38.3 Å². The number of benzene rings is 1. The molecule has 0 aromatic heterocycles. The first-order chi connectivity index (χ1) is 7.95. The minimum atomic E-state index is 0.487. The molecule has 1 unspecified atom stereocenters. The Kier molecular flexibility index (Phi) is 4.86. The summed E-state index contributed by atoms with van der Waals surface area (Å²) in [6.07, 6.45) is 1.18. The molecule has 0 radical (unpaired) electrons. The number of anilines is 1. The van der Waals surface area contributed by atoms with E-state index in [2.05, 4.69) is 52.1 Å². The third-order valence-electron chi connectivity index (χ3n) is 3.03. The minimum absolute atomic E-state index is 0.487. The molecule has 0 bridgehead atoms. The first kappa shape index (κ1) is 13.9. The number of nitrogens with one attached hydrogen (secondary N) is 1. The van der Waals surface area contributed by atoms with E-state index in [1.54, 1.807) is 7.11 Å². The fourth-order valence-electron chi connectivity index (χ4n) is 2.33. The van der Waals surface area contributed by atoms with E-state index in [1.165, 1.54) is 23.2 Å². The number of methoxy groups -OCH3 is 1. The molecule has 1 N–H and O–H groups in total. The topological polar surface area (TPSA) is 21.3 Å². The Hall–Kier alpha value is -1.18. The zero-order chi connectivity index (χ0) is 13.0. The van der Waals surface area contributed by atoms with Gasteiger partial charge in [-0.3, -0.25) is 0 Å². The van der Waals surface area contributed by atoms with Gasteiger partial charge in [-0.1, -0.05) is 19.9 Å². The molecule has 0 spiro atoms. The van der Waals surface area contributed by atoms with Crippen molar-refractivity contribution in [3.8, 4) is 5.75 Å². The SMILES string of the molecule is COc1c(C)ccc(NC(C)CC(C)C)c1C. The van der Waals surface area contributed by atoms with Crippen molar-refractivity contribution < 1.29 is 4.74 Å². The van der Waals surface area contributed by atoms with Crippen molar-refractivity contribution >= 4 is 5.69 Å². The lowest BCUT2D eigenvalue weighted by atomic mass is 10.0. The predicted octanol–water partition coefficient (Wildman–Crippen LogP) is 4.16. The molecule has 0 saturated heterocycles. The van der Waals surface area contributed by atoms with Gasteiger partial charge >= 0.3 is 0 Å². The van der Waals surface area contributed by atoms with Crippen LogP contribution in [-0.2, 0) is 0 Å². The maximum Gasteiger partial charge on any atom is 0.126 e. The van der Waals surface area contributed by atoms with Crippen LogP contribution >= 0.6 is 0 Å². The molecule has 1 aromatic carbocycles. The molecule has 0 fully saturated rings. The summed E-state index contributed by atoms with van der Waals surface area (Å²) in [6.45, 7) is 10.9. The van der Waals surface area contributed by atoms with Crippen molar-refractivity contribution in [3.05, 3.63) is 23.3 Å². The summed E-state index contributed by atoms with van der Waals surface area (Å²) >= 11 is 0. The van der Waals surface area contributed by atoms with Crippen molar-refractivity contribution in [3.63, 3.8) is 0 Å². The number of rotatable bonds is 5. The van der Waals surface area contributed by atoms with E-state index in [1.807, 2.05) is 0 Å². The minimum Gasteiger partial charge on any atom is -0.496 e. The highest BCUT2D eigenvalue weighted by Gasteiger charge is 2.10. The van der Waals surface area contributed by atoms with Crippen molar-refractivity contribution in [2.75, 3.05) is 12.4 Å². The van der Waals surface area contributed by atoms with Crippen LogP contribution in [0.15, 0.2) is 12.1 Å². The number of hydrogen-bond acceptors (Lipinski definition) is 2. The quantitative estimate of drug-likeness (QED) is 0.827. The largest absolute Gasteiger partial charge is 0.496 e. The van der Waals surface area contributed by atoms with Gasteiger partial charge in [-0.25, -0.2) is 0 Å². The third-order valence-corrected chi connectivity index (χ3v) is 3.03. The first-order valence-electron chi connectivity index (χ1n) is 6.36. The molecule has 1 atom stereocenters. The van der Waals surface area contributed by atoms with Crippen LogP contribution in [0.5, 0.6) is 5.75 Å². The highest BCUT2D eigenvalue weighted by Crippen LogP contribution is 2.29. The molecule has 1 rings (SSSR count). The highest BCUT2D eigenvalue weighted by molar-refractivity contribution is 5.59. The van der Waals surface area contributed by atoms with Gasteiger partial charge in [-0.05, 0) is 44.7 Å². The summed E-state index contributed by atoms with van der Waals surface area (Å²) < 4.78 is 5.44. The zero-order valence-corrected chi connectivity index (χ0v) is 11.9. The van der Waals surface area contributed by atoms with Crippen LogP contribution in [0.4, 0.5) is 5.69 Å². The number of hydrogen-bond donors (Lipinski definition) is 1. The number of aryl methyl sites for hydroxylation is 1. The molecule has 2 nitrogen and oxygen atoms in total. The van der Waals surface area contributed by atoms with E-state index < -0.39 is 0 Å². The molecule has 1 aromatic rings. The smallest absolute Gasteiger partial charge is 0.126 e. The molecule has 96 valence electrons. The van der Waals surface area contributed by atoms with E-state index in [0.29, 0.717) is 12.0 Å². The molecular weight excluding hydrogens is 210 g/mol. The lowest BCUT2D eigenvalue weighted by Crippen LogP contribution is -2.18. The van der Waals surface area contributed by atoms with E-state index in [4.69, 9.17) is 4.74 Å². The Labute approximate surface area is 105 Å². The van der Waals surface area contributed by atoms with Crippen LogP contribution < -0.4 is 10.1 Å². The molecule has 0 saturated carbocycles. The Bertz CT molecular complexity index is 371. The molecule has 0 aliphatic carbocycles. The second-order valence-corrected chi connectivity index (χ2v) is 5.26. The van der Waals surface area contributed by atoms with Crippen molar-refractivity contribution in [1.82, 2.24) is 0 Å². The molecule has 2 heteroatoms. The van der Waals surface area contributed by atoms with E-state index >= 15 is 0 Å². The van der Waals surface area contributed by atoms with Crippen LogP contribution in [0.2, 0.25) is 0 Å². The normalized spacial score (nSPS) is 12.6. The predicted molar refractivity (Wildman–Crippen MR) is 75.0 cm³/mol. The summed E-state index contributed by atoms with van der Waals surface area (Å²) in [6, 6.07) is 4.74. The van der Waals surface area contributed by atoms with Gasteiger partial charge < -0.3 is 10.1 Å². The van der Waals surface area contributed by atoms with Crippen molar-refractivity contribution in [1.29, 1.82) is 0 Å². The van der Waals surface area contributed by atoms with Crippen LogP contribution in [0.25, 0.3) is 0 Å². The monoisotopic (exact) mass is 235 g/mol. The molecule has 0 amide bonds. The summed E-state index contributed by atoms with van der Waals surface area (Å²) in [5.74, 6) is 1.71. The lowest BCUT2D eigenvalue weighted by Gasteiger charge is -2.20. The second-order valence-electron chi connectivity index (χ2n) is 5.26. The van der Waals surface area contributed by atoms with Gasteiger partial charge in [-0.2, -0.15) is 0 Å². The summed E-state index contributed by atoms with van der Waals surface area (Å²) in [5, 5.41) is 3.56. The van der Waals surface area contributed by atoms with Gasteiger partial charge in [0.1, 0.15) is 5.75 Å². The maximum atomic E-state index is 5.44. The fraction of sp³-hybridized carbons (Fsp3) is 0.600. The van der Waals surface area contributed by atoms with Gasteiger partial charge in [0.2, 0.25) is 0 Å². The Morgan fingerprint density at radius 3 is 2.35 bits per heavy atom. The Balaban J connectivity index is 2.85. The average molecular weight is 235 g/mol. The van der Waals surface area contributed by atoms with Crippen molar-refractivity contribution in [2.24, 2.45) is 5.92 Å². The highest BCUT2D eigenvalue weighted by atomic mass is 16.5. The standard InChI is InChI=1S/C15H25NO/c1-10(2)9-12(4)16-14-8-7-11(3)15(17-6)13(14)5/h7-8,10,12,16H,9H2,1-6H3. The van der Waals surface area contributed by atoms with Crippen molar-refractivity contribution in [2.45, 2.75) is 47.1 Å². The molecule has 0 aliphatic heterocycles. The van der Waals surface area contributed by atoms with E-state index in [0.717, 1.165) is 5.75 Å². The van der Waals surface area contributed by atoms with Gasteiger partial charge in [0.25, 0.3) is 0 Å². The molecule has 17 heavy (non-hydrogen) atoms. The molecule has 0 aliphatic rings. The second kappa shape index (κ2) is 5.95. The van der Waals surface area contributed by atoms with Crippen LogP contribution in [0.3, 0.4) is 0 Å². The summed E-state index contributed by atoms with van der Waals surface area (Å²) in [5.41, 5.74) is 3.57. The Morgan fingerprint density at radius 1 is 1.18 bits per heavy atom. The van der Waals surface area contributed by atoms with Crippen LogP contribution in [-0.4, -0.2) is 13.2 Å². The number of ether oxygens (including phenoxy) is 1. The Morgan fingerprint density at radius 2 is 1.82 bits per heavy atom. The van der Waals surface area contributed by atoms with Gasteiger partial charge in [-0.15, -0.1) is 0 Å². The lowest BCUT2D eigenvalue weighted by molar-refractivity contribution is 0.408. The third kappa shape index (κ3) is 3.65. The first-order valence-corrected chi connectivity index (χ1v) is 6.36. The van der Waals surface area contributed by atoms with Gasteiger partial charge in [0.05, 0.1) is 7.11 Å². The zero-order valence-electron chi connectivity index (χ0n) is 11.9. The average Bonchev–Trinajstić information content (AvgIpc) is 2.22. The fourth-order valence-corrected chi connectivity index (χ4v) is 2.33. The maximum absolute atomic E-state index is 5.44. The summed E-state index contributed by atoms with van der Waals surface area (Å²) in [7, 11) is 1.73. The van der Waals surface area contributed by atoms with Gasteiger partial charge in [0, 0.05) is 17.3 Å². The molecular formula is C15H25NO. The molecule has 0 heterocycles. The van der Waals surface area contributed by atoms with Gasteiger partial charge in [0.15, 0.2) is 0 Å². The van der Waals surface area contributed by atoms with E-state index in [-0.39, 0.29) is 0 Å². The summed E-state index contributed by atoms with van der Waals surface area (Å²) in [4.78, 5) is 0.